The Balaban J connectivity index is 2.15. The zero-order chi connectivity index (χ0) is 18.4. The van der Waals surface area contributed by atoms with Crippen LogP contribution in [0, 0.1) is 5.92 Å². The van der Waals surface area contributed by atoms with E-state index in [2.05, 4.69) is 36.2 Å². The number of aliphatic carboxylic acids is 1. The van der Waals surface area contributed by atoms with Crippen molar-refractivity contribution >= 4 is 5.97 Å². The van der Waals surface area contributed by atoms with E-state index in [0.29, 0.717) is 18.5 Å². The van der Waals surface area contributed by atoms with Crippen LogP contribution in [0.5, 0.6) is 5.75 Å². The summed E-state index contributed by atoms with van der Waals surface area (Å²) in [4.78, 5) is 14.1. The van der Waals surface area contributed by atoms with Crippen molar-refractivity contribution in [2.24, 2.45) is 5.92 Å². The first-order valence-electron chi connectivity index (χ1n) is 9.30. The number of methoxy groups -OCH3 is 1. The molecule has 0 amide bonds. The third-order valence-electron chi connectivity index (χ3n) is 5.07. The number of hydrogen-bond donors (Lipinski definition) is 2. The van der Waals surface area contributed by atoms with Crippen molar-refractivity contribution in [3.05, 3.63) is 29.8 Å². The summed E-state index contributed by atoms with van der Waals surface area (Å²) in [5, 5.41) is 13.2. The normalized spacial score (nSPS) is 22.8. The Morgan fingerprint density at radius 1 is 1.32 bits per heavy atom. The molecule has 0 bridgehead atoms. The van der Waals surface area contributed by atoms with Crippen LogP contribution in [0.25, 0.3) is 0 Å². The molecule has 25 heavy (non-hydrogen) atoms. The van der Waals surface area contributed by atoms with Gasteiger partial charge in [0.1, 0.15) is 5.75 Å². The lowest BCUT2D eigenvalue weighted by Crippen LogP contribution is -2.54. The standard InChI is InChI=1S/C20H32N2O3/c1-5-18(20(23)24)19-11-8-16(21-14(2)3)13-22(19)12-15-6-9-17(25-4)10-7-15/h6-7,9-10,14,16,18-19,21H,5,8,11-13H2,1-4H3,(H,23,24)/t16-,18?,19-/m1/s1. The van der Waals surface area contributed by atoms with Crippen LogP contribution in [0.2, 0.25) is 0 Å². The Morgan fingerprint density at radius 3 is 2.52 bits per heavy atom. The predicted molar refractivity (Wildman–Crippen MR) is 99.9 cm³/mol. The van der Waals surface area contributed by atoms with Crippen molar-refractivity contribution in [2.75, 3.05) is 13.7 Å². The minimum absolute atomic E-state index is 0.0924. The number of hydrogen-bond acceptors (Lipinski definition) is 4. The third kappa shape index (κ3) is 5.44. The van der Waals surface area contributed by atoms with Gasteiger partial charge in [-0.25, -0.2) is 0 Å². The Morgan fingerprint density at radius 2 is 2.00 bits per heavy atom. The van der Waals surface area contributed by atoms with Gasteiger partial charge in [0.25, 0.3) is 0 Å². The Labute approximate surface area is 151 Å². The van der Waals surface area contributed by atoms with E-state index in [9.17, 15) is 9.90 Å². The average Bonchev–Trinajstić information content (AvgIpc) is 2.57. The molecule has 0 aliphatic carbocycles. The summed E-state index contributed by atoms with van der Waals surface area (Å²) in [6.45, 7) is 7.95. The summed E-state index contributed by atoms with van der Waals surface area (Å²) in [5.74, 6) is -0.143. The fraction of sp³-hybridized carbons (Fsp3) is 0.650. The maximum Gasteiger partial charge on any atom is 0.308 e. The maximum atomic E-state index is 11.7. The minimum Gasteiger partial charge on any atom is -0.497 e. The van der Waals surface area contributed by atoms with Crippen molar-refractivity contribution < 1.29 is 14.6 Å². The van der Waals surface area contributed by atoms with E-state index in [-0.39, 0.29) is 12.0 Å². The van der Waals surface area contributed by atoms with Crippen molar-refractivity contribution in [1.82, 2.24) is 10.2 Å². The molecule has 2 rings (SSSR count). The second-order valence-electron chi connectivity index (χ2n) is 7.29. The van der Waals surface area contributed by atoms with Crippen LogP contribution in [0.15, 0.2) is 24.3 Å². The number of carboxylic acids is 1. The molecule has 0 saturated carbocycles. The highest BCUT2D eigenvalue weighted by Crippen LogP contribution is 2.28. The van der Waals surface area contributed by atoms with Crippen LogP contribution >= 0.6 is 0 Å². The van der Waals surface area contributed by atoms with Crippen LogP contribution in [0.1, 0.15) is 45.6 Å². The molecule has 1 unspecified atom stereocenters. The first-order valence-corrected chi connectivity index (χ1v) is 9.30. The molecule has 1 heterocycles. The first-order chi connectivity index (χ1) is 11.9. The van der Waals surface area contributed by atoms with Gasteiger partial charge in [-0.3, -0.25) is 9.69 Å². The van der Waals surface area contributed by atoms with Gasteiger partial charge in [-0.1, -0.05) is 32.9 Å². The number of benzene rings is 1. The highest BCUT2D eigenvalue weighted by atomic mass is 16.5. The van der Waals surface area contributed by atoms with Crippen molar-refractivity contribution in [3.63, 3.8) is 0 Å². The number of likely N-dealkylation sites (tertiary alicyclic amines) is 1. The van der Waals surface area contributed by atoms with Crippen LogP contribution in [-0.4, -0.2) is 47.8 Å². The summed E-state index contributed by atoms with van der Waals surface area (Å²) in [6, 6.07) is 9.01. The van der Waals surface area contributed by atoms with Crippen molar-refractivity contribution in [1.29, 1.82) is 0 Å². The SMILES string of the molecule is CCC(C(=O)O)[C@H]1CC[C@@H](NC(C)C)CN1Cc1ccc(OC)cc1. The topological polar surface area (TPSA) is 61.8 Å². The molecule has 1 aliphatic heterocycles. The van der Waals surface area contributed by atoms with Crippen molar-refractivity contribution in [3.8, 4) is 5.75 Å². The number of nitrogens with zero attached hydrogens (tertiary/aromatic N) is 1. The van der Waals surface area contributed by atoms with E-state index in [1.54, 1.807) is 7.11 Å². The van der Waals surface area contributed by atoms with Gasteiger partial charge < -0.3 is 15.2 Å². The van der Waals surface area contributed by atoms with Gasteiger partial charge in [-0.2, -0.15) is 0 Å². The molecule has 5 nitrogen and oxygen atoms in total. The van der Waals surface area contributed by atoms with Crippen LogP contribution in [0.4, 0.5) is 0 Å². The second kappa shape index (κ2) is 9.20. The molecule has 140 valence electrons. The highest BCUT2D eigenvalue weighted by Gasteiger charge is 2.36. The molecule has 0 radical (unpaired) electrons. The molecule has 3 atom stereocenters. The molecule has 1 fully saturated rings. The molecule has 1 aliphatic rings. The van der Waals surface area contributed by atoms with E-state index >= 15 is 0 Å². The van der Waals surface area contributed by atoms with E-state index < -0.39 is 5.97 Å². The molecule has 1 aromatic rings. The quantitative estimate of drug-likeness (QED) is 0.756. The van der Waals surface area contributed by atoms with Gasteiger partial charge in [-0.15, -0.1) is 0 Å². The Hall–Kier alpha value is -1.59. The van der Waals surface area contributed by atoms with Crippen molar-refractivity contribution in [2.45, 2.75) is 64.7 Å². The monoisotopic (exact) mass is 348 g/mol. The molecule has 1 saturated heterocycles. The smallest absolute Gasteiger partial charge is 0.308 e. The molecular weight excluding hydrogens is 316 g/mol. The minimum atomic E-state index is -0.678. The largest absolute Gasteiger partial charge is 0.497 e. The van der Waals surface area contributed by atoms with Gasteiger partial charge >= 0.3 is 5.97 Å². The first kappa shape index (κ1) is 19.7. The lowest BCUT2D eigenvalue weighted by Gasteiger charge is -2.43. The van der Waals surface area contributed by atoms with E-state index in [4.69, 9.17) is 4.74 Å². The van der Waals surface area contributed by atoms with Crippen LogP contribution in [-0.2, 0) is 11.3 Å². The Kier molecular flexibility index (Phi) is 7.26. The van der Waals surface area contributed by atoms with Crippen LogP contribution in [0.3, 0.4) is 0 Å². The van der Waals surface area contributed by atoms with E-state index in [1.165, 1.54) is 5.56 Å². The van der Waals surface area contributed by atoms with Gasteiger partial charge in [0, 0.05) is 31.2 Å². The number of ether oxygens (including phenoxy) is 1. The highest BCUT2D eigenvalue weighted by molar-refractivity contribution is 5.70. The maximum absolute atomic E-state index is 11.7. The van der Waals surface area contributed by atoms with E-state index in [1.807, 2.05) is 19.1 Å². The summed E-state index contributed by atoms with van der Waals surface area (Å²) in [5.41, 5.74) is 1.19. The third-order valence-corrected chi connectivity index (χ3v) is 5.07. The number of rotatable bonds is 8. The number of nitrogens with one attached hydrogen (secondary N) is 1. The van der Waals surface area contributed by atoms with Gasteiger partial charge in [-0.05, 0) is 37.0 Å². The summed E-state index contributed by atoms with van der Waals surface area (Å²) < 4.78 is 5.23. The fourth-order valence-electron chi connectivity index (χ4n) is 3.89. The molecule has 2 N–H and O–H groups in total. The van der Waals surface area contributed by atoms with Gasteiger partial charge in [0.2, 0.25) is 0 Å². The number of carbonyl (C=O) groups is 1. The lowest BCUT2D eigenvalue weighted by atomic mass is 9.86. The zero-order valence-electron chi connectivity index (χ0n) is 15.9. The molecule has 5 heteroatoms. The summed E-state index contributed by atoms with van der Waals surface area (Å²) in [6.07, 6.45) is 2.62. The predicted octanol–water partition coefficient (Wildman–Crippen LogP) is 3.14. The molecule has 1 aromatic carbocycles. The van der Waals surface area contributed by atoms with Crippen LogP contribution < -0.4 is 10.1 Å². The second-order valence-corrected chi connectivity index (χ2v) is 7.29. The Bertz CT molecular complexity index is 544. The fourth-order valence-corrected chi connectivity index (χ4v) is 3.89. The number of piperidine rings is 1. The number of carboxylic acid groups (broad SMARTS) is 1. The molecule has 0 aromatic heterocycles. The molecule has 0 spiro atoms. The van der Waals surface area contributed by atoms with Gasteiger partial charge in [0.05, 0.1) is 13.0 Å². The summed E-state index contributed by atoms with van der Waals surface area (Å²) in [7, 11) is 1.66. The lowest BCUT2D eigenvalue weighted by molar-refractivity contribution is -0.145. The average molecular weight is 348 g/mol. The van der Waals surface area contributed by atoms with Gasteiger partial charge in [0.15, 0.2) is 0 Å². The van der Waals surface area contributed by atoms with E-state index in [0.717, 1.165) is 31.7 Å². The molecular formula is C20H32N2O3. The summed E-state index contributed by atoms with van der Waals surface area (Å²) >= 11 is 0. The zero-order valence-corrected chi connectivity index (χ0v) is 15.9.